The molecule has 2 atom stereocenters. The number of carbonyl (C=O) groups is 1. The van der Waals surface area contributed by atoms with E-state index in [1.54, 1.807) is 20.3 Å². The SMILES string of the molecule is COc1cc(OC)c(NC(=O)[C@@H]2C[C@H]2C2CC2)cc1Br. The van der Waals surface area contributed by atoms with Crippen LogP contribution in [-0.2, 0) is 4.79 Å². The van der Waals surface area contributed by atoms with Crippen molar-refractivity contribution in [1.82, 2.24) is 0 Å². The fourth-order valence-electron chi connectivity index (χ4n) is 2.74. The molecule has 108 valence electrons. The molecule has 0 unspecified atom stereocenters. The Kier molecular flexibility index (Phi) is 3.63. The van der Waals surface area contributed by atoms with E-state index in [-0.39, 0.29) is 11.8 Å². The molecule has 1 aromatic rings. The molecule has 2 aliphatic carbocycles. The van der Waals surface area contributed by atoms with Gasteiger partial charge in [-0.25, -0.2) is 0 Å². The monoisotopic (exact) mass is 339 g/mol. The van der Waals surface area contributed by atoms with Gasteiger partial charge in [-0.05, 0) is 53.1 Å². The van der Waals surface area contributed by atoms with E-state index in [0.29, 0.717) is 23.1 Å². The molecule has 0 aromatic heterocycles. The van der Waals surface area contributed by atoms with Gasteiger partial charge in [-0.1, -0.05) is 0 Å². The number of anilines is 1. The van der Waals surface area contributed by atoms with Crippen molar-refractivity contribution in [2.45, 2.75) is 19.3 Å². The highest BCUT2D eigenvalue weighted by molar-refractivity contribution is 9.10. The fourth-order valence-corrected chi connectivity index (χ4v) is 3.25. The molecule has 20 heavy (non-hydrogen) atoms. The first kappa shape index (κ1) is 13.7. The minimum Gasteiger partial charge on any atom is -0.495 e. The normalized spacial score (nSPS) is 24.1. The van der Waals surface area contributed by atoms with Gasteiger partial charge in [0, 0.05) is 12.0 Å². The summed E-state index contributed by atoms with van der Waals surface area (Å²) < 4.78 is 11.3. The molecule has 1 N–H and O–H groups in total. The van der Waals surface area contributed by atoms with Gasteiger partial charge in [0.1, 0.15) is 11.5 Å². The quantitative estimate of drug-likeness (QED) is 0.893. The van der Waals surface area contributed by atoms with Crippen molar-refractivity contribution in [3.05, 3.63) is 16.6 Å². The molecule has 4 nitrogen and oxygen atoms in total. The highest BCUT2D eigenvalue weighted by Gasteiger charge is 2.51. The molecule has 3 rings (SSSR count). The number of carbonyl (C=O) groups excluding carboxylic acids is 1. The van der Waals surface area contributed by atoms with Crippen LogP contribution in [0.3, 0.4) is 0 Å². The van der Waals surface area contributed by atoms with Crippen LogP contribution in [0.1, 0.15) is 19.3 Å². The van der Waals surface area contributed by atoms with Gasteiger partial charge < -0.3 is 14.8 Å². The van der Waals surface area contributed by atoms with Crippen LogP contribution in [0.15, 0.2) is 16.6 Å². The van der Waals surface area contributed by atoms with Crippen LogP contribution < -0.4 is 14.8 Å². The summed E-state index contributed by atoms with van der Waals surface area (Å²) in [6.45, 7) is 0. The molecular formula is C15H18BrNO3. The number of amides is 1. The molecule has 0 radical (unpaired) electrons. The third kappa shape index (κ3) is 2.64. The molecule has 1 aromatic carbocycles. The second-order valence-corrected chi connectivity index (χ2v) is 6.37. The van der Waals surface area contributed by atoms with Gasteiger partial charge in [0.2, 0.25) is 5.91 Å². The molecule has 0 aliphatic heterocycles. The van der Waals surface area contributed by atoms with Crippen molar-refractivity contribution in [2.75, 3.05) is 19.5 Å². The van der Waals surface area contributed by atoms with Gasteiger partial charge in [-0.3, -0.25) is 4.79 Å². The van der Waals surface area contributed by atoms with Gasteiger partial charge in [0.05, 0.1) is 24.4 Å². The number of halogens is 1. The van der Waals surface area contributed by atoms with Crippen LogP contribution in [-0.4, -0.2) is 20.1 Å². The second kappa shape index (κ2) is 5.28. The number of nitrogens with one attached hydrogen (secondary N) is 1. The predicted octanol–water partition coefficient (Wildman–Crippen LogP) is 3.45. The summed E-state index contributed by atoms with van der Waals surface area (Å²) in [6.07, 6.45) is 3.63. The van der Waals surface area contributed by atoms with E-state index in [1.165, 1.54) is 12.8 Å². The number of rotatable bonds is 5. The van der Waals surface area contributed by atoms with Gasteiger partial charge in [-0.15, -0.1) is 0 Å². The first-order chi connectivity index (χ1) is 9.63. The zero-order chi connectivity index (χ0) is 14.3. The van der Waals surface area contributed by atoms with Crippen LogP contribution in [0.2, 0.25) is 0 Å². The number of methoxy groups -OCH3 is 2. The van der Waals surface area contributed by atoms with E-state index in [0.717, 1.165) is 16.8 Å². The standard InChI is InChI=1S/C15H18BrNO3/c1-19-13-7-14(20-2)12(6-11(13)16)17-15(18)10-5-9(10)8-3-4-8/h6-10H,3-5H2,1-2H3,(H,17,18)/t9-,10+/m0/s1. The number of hydrogen-bond acceptors (Lipinski definition) is 3. The largest absolute Gasteiger partial charge is 0.495 e. The number of benzene rings is 1. The van der Waals surface area contributed by atoms with Crippen LogP contribution in [0, 0.1) is 17.8 Å². The van der Waals surface area contributed by atoms with Crippen LogP contribution >= 0.6 is 15.9 Å². The number of ether oxygens (including phenoxy) is 2. The van der Waals surface area contributed by atoms with Crippen molar-refractivity contribution in [2.24, 2.45) is 17.8 Å². The lowest BCUT2D eigenvalue weighted by molar-refractivity contribution is -0.117. The molecule has 2 saturated carbocycles. The first-order valence-corrected chi connectivity index (χ1v) is 7.65. The van der Waals surface area contributed by atoms with Crippen LogP contribution in [0.4, 0.5) is 5.69 Å². The zero-order valence-corrected chi connectivity index (χ0v) is 13.2. The minimum atomic E-state index is 0.109. The lowest BCUT2D eigenvalue weighted by Gasteiger charge is -2.13. The summed E-state index contributed by atoms with van der Waals surface area (Å²) >= 11 is 3.43. The fraction of sp³-hybridized carbons (Fsp3) is 0.533. The van der Waals surface area contributed by atoms with Crippen molar-refractivity contribution < 1.29 is 14.3 Å². The Bertz CT molecular complexity index is 542. The Morgan fingerprint density at radius 3 is 2.55 bits per heavy atom. The summed E-state index contributed by atoms with van der Waals surface area (Å²) in [5.41, 5.74) is 0.687. The molecule has 5 heteroatoms. The zero-order valence-electron chi connectivity index (χ0n) is 11.6. The predicted molar refractivity (Wildman–Crippen MR) is 80.2 cm³/mol. The van der Waals surface area contributed by atoms with E-state index >= 15 is 0 Å². The van der Waals surface area contributed by atoms with Crippen molar-refractivity contribution in [3.8, 4) is 11.5 Å². The van der Waals surface area contributed by atoms with E-state index < -0.39 is 0 Å². The second-order valence-electron chi connectivity index (χ2n) is 5.52. The average Bonchev–Trinajstić information content (AvgIpc) is 3.28. The summed E-state index contributed by atoms with van der Waals surface area (Å²) in [7, 11) is 3.19. The molecule has 2 aliphatic rings. The van der Waals surface area contributed by atoms with E-state index in [2.05, 4.69) is 21.2 Å². The van der Waals surface area contributed by atoms with Gasteiger partial charge in [0.25, 0.3) is 0 Å². The average molecular weight is 340 g/mol. The Labute approximate surface area is 127 Å². The maximum atomic E-state index is 12.2. The molecule has 1 amide bonds. The summed E-state index contributed by atoms with van der Waals surface area (Å²) in [4.78, 5) is 12.2. The van der Waals surface area contributed by atoms with Gasteiger partial charge in [-0.2, -0.15) is 0 Å². The lowest BCUT2D eigenvalue weighted by atomic mass is 10.2. The Balaban J connectivity index is 1.73. The van der Waals surface area contributed by atoms with Crippen LogP contribution in [0.25, 0.3) is 0 Å². The van der Waals surface area contributed by atoms with Crippen molar-refractivity contribution in [3.63, 3.8) is 0 Å². The first-order valence-electron chi connectivity index (χ1n) is 6.86. The maximum Gasteiger partial charge on any atom is 0.227 e. The van der Waals surface area contributed by atoms with Gasteiger partial charge >= 0.3 is 0 Å². The topological polar surface area (TPSA) is 47.6 Å². The van der Waals surface area contributed by atoms with Crippen LogP contribution in [0.5, 0.6) is 11.5 Å². The molecule has 2 fully saturated rings. The highest BCUT2D eigenvalue weighted by atomic mass is 79.9. The van der Waals surface area contributed by atoms with Crippen molar-refractivity contribution >= 4 is 27.5 Å². The van der Waals surface area contributed by atoms with Gasteiger partial charge in [0.15, 0.2) is 0 Å². The lowest BCUT2D eigenvalue weighted by Crippen LogP contribution is -2.15. The third-order valence-corrected chi connectivity index (χ3v) is 4.76. The Hall–Kier alpha value is -1.23. The summed E-state index contributed by atoms with van der Waals surface area (Å²) in [5, 5.41) is 2.98. The summed E-state index contributed by atoms with van der Waals surface area (Å²) in [5.74, 6) is 3.01. The maximum absolute atomic E-state index is 12.2. The van der Waals surface area contributed by atoms with E-state index in [1.807, 2.05) is 6.07 Å². The van der Waals surface area contributed by atoms with E-state index in [4.69, 9.17) is 9.47 Å². The molecule has 0 spiro atoms. The van der Waals surface area contributed by atoms with E-state index in [9.17, 15) is 4.79 Å². The third-order valence-electron chi connectivity index (χ3n) is 4.14. The minimum absolute atomic E-state index is 0.109. The smallest absolute Gasteiger partial charge is 0.227 e. The molecule has 0 bridgehead atoms. The molecular weight excluding hydrogens is 322 g/mol. The summed E-state index contributed by atoms with van der Waals surface area (Å²) in [6, 6.07) is 3.59. The highest BCUT2D eigenvalue weighted by Crippen LogP contribution is 2.54. The van der Waals surface area contributed by atoms with Crippen molar-refractivity contribution in [1.29, 1.82) is 0 Å². The Morgan fingerprint density at radius 2 is 1.95 bits per heavy atom. The number of hydrogen-bond donors (Lipinski definition) is 1. The molecule has 0 heterocycles. The Morgan fingerprint density at radius 1 is 1.25 bits per heavy atom. The molecule has 0 saturated heterocycles.